The number of fused-ring (bicyclic) bond motifs is 1. The summed E-state index contributed by atoms with van der Waals surface area (Å²) >= 11 is 12.3. The maximum atomic E-state index is 12.5. The van der Waals surface area contributed by atoms with Crippen LogP contribution in [0.4, 0.5) is 5.69 Å². The molecule has 140 valence electrons. The largest absolute Gasteiger partial charge is 0.436 e. The Morgan fingerprint density at radius 3 is 2.36 bits per heavy atom. The van der Waals surface area contributed by atoms with Crippen LogP contribution in [-0.4, -0.2) is 10.9 Å². The summed E-state index contributed by atoms with van der Waals surface area (Å²) in [6.45, 7) is 3.83. The Labute approximate surface area is 172 Å². The second-order valence-electron chi connectivity index (χ2n) is 6.58. The van der Waals surface area contributed by atoms with Crippen molar-refractivity contribution in [3.63, 3.8) is 0 Å². The van der Waals surface area contributed by atoms with Crippen LogP contribution in [0.1, 0.15) is 21.5 Å². The van der Waals surface area contributed by atoms with Gasteiger partial charge in [0.1, 0.15) is 5.52 Å². The number of carbonyl (C=O) groups excluding carboxylic acids is 1. The highest BCUT2D eigenvalue weighted by Crippen LogP contribution is 2.29. The van der Waals surface area contributed by atoms with Crippen LogP contribution in [0, 0.1) is 13.8 Å². The SMILES string of the molecule is Cc1ccc(C(=O)Nc2ccc3oc(-c4ccc(C)c(Cl)c4)nc3c2)cc1Cl. The topological polar surface area (TPSA) is 55.1 Å². The minimum Gasteiger partial charge on any atom is -0.436 e. The van der Waals surface area contributed by atoms with Crippen molar-refractivity contribution in [3.05, 3.63) is 81.3 Å². The highest BCUT2D eigenvalue weighted by Gasteiger charge is 2.12. The first kappa shape index (κ1) is 18.5. The highest BCUT2D eigenvalue weighted by molar-refractivity contribution is 6.32. The summed E-state index contributed by atoms with van der Waals surface area (Å²) < 4.78 is 5.82. The highest BCUT2D eigenvalue weighted by atomic mass is 35.5. The summed E-state index contributed by atoms with van der Waals surface area (Å²) in [5.41, 5.74) is 5.09. The van der Waals surface area contributed by atoms with Crippen molar-refractivity contribution in [1.29, 1.82) is 0 Å². The Kier molecular flexibility index (Phi) is 4.84. The van der Waals surface area contributed by atoms with Crippen LogP contribution in [0.2, 0.25) is 10.0 Å². The monoisotopic (exact) mass is 410 g/mol. The molecule has 0 aliphatic heterocycles. The first-order chi connectivity index (χ1) is 13.4. The van der Waals surface area contributed by atoms with Gasteiger partial charge >= 0.3 is 0 Å². The third kappa shape index (κ3) is 3.61. The maximum Gasteiger partial charge on any atom is 0.255 e. The molecule has 0 bridgehead atoms. The summed E-state index contributed by atoms with van der Waals surface area (Å²) in [5, 5.41) is 4.08. The zero-order valence-electron chi connectivity index (χ0n) is 15.2. The molecule has 0 aliphatic rings. The van der Waals surface area contributed by atoms with E-state index in [1.807, 2.05) is 38.1 Å². The average molecular weight is 411 g/mol. The molecule has 0 aliphatic carbocycles. The second-order valence-corrected chi connectivity index (χ2v) is 7.40. The van der Waals surface area contributed by atoms with Gasteiger partial charge in [-0.05, 0) is 67.4 Å². The average Bonchev–Trinajstić information content (AvgIpc) is 3.09. The first-order valence-electron chi connectivity index (χ1n) is 8.65. The van der Waals surface area contributed by atoms with E-state index < -0.39 is 0 Å². The molecule has 1 aromatic heterocycles. The van der Waals surface area contributed by atoms with Gasteiger partial charge < -0.3 is 9.73 Å². The van der Waals surface area contributed by atoms with Crippen molar-refractivity contribution in [1.82, 2.24) is 4.98 Å². The Hall–Kier alpha value is -2.82. The molecule has 4 nitrogen and oxygen atoms in total. The van der Waals surface area contributed by atoms with Crippen molar-refractivity contribution in [2.24, 2.45) is 0 Å². The standard InChI is InChI=1S/C22H16Cl2N2O2/c1-12-3-5-14(9-17(12)23)21(27)25-16-7-8-20-19(11-16)26-22(28-20)15-6-4-13(2)18(24)10-15/h3-11H,1-2H3,(H,25,27). The fourth-order valence-electron chi connectivity index (χ4n) is 2.79. The van der Waals surface area contributed by atoms with Gasteiger partial charge in [0.05, 0.1) is 0 Å². The van der Waals surface area contributed by atoms with Crippen LogP contribution in [0.3, 0.4) is 0 Å². The van der Waals surface area contributed by atoms with Gasteiger partial charge in [-0.25, -0.2) is 4.98 Å². The second kappa shape index (κ2) is 7.30. The number of aryl methyl sites for hydroxylation is 2. The number of nitrogens with one attached hydrogen (secondary N) is 1. The Bertz CT molecular complexity index is 1210. The van der Waals surface area contributed by atoms with E-state index in [9.17, 15) is 4.79 Å². The molecule has 1 amide bonds. The molecule has 6 heteroatoms. The van der Waals surface area contributed by atoms with Crippen LogP contribution in [0.15, 0.2) is 59.0 Å². The molecule has 0 fully saturated rings. The fraction of sp³-hybridized carbons (Fsp3) is 0.0909. The molecule has 4 aromatic rings. The lowest BCUT2D eigenvalue weighted by Gasteiger charge is -2.06. The molecular formula is C22H16Cl2N2O2. The number of nitrogens with zero attached hydrogens (tertiary/aromatic N) is 1. The minimum atomic E-state index is -0.240. The number of halogens is 2. The van der Waals surface area contributed by atoms with Crippen molar-refractivity contribution in [3.8, 4) is 11.5 Å². The van der Waals surface area contributed by atoms with E-state index in [0.717, 1.165) is 16.7 Å². The molecule has 0 saturated carbocycles. The van der Waals surface area contributed by atoms with E-state index in [2.05, 4.69) is 10.3 Å². The Balaban J connectivity index is 1.61. The molecule has 1 N–H and O–H groups in total. The summed E-state index contributed by atoms with van der Waals surface area (Å²) in [5.74, 6) is 0.237. The number of aromatic nitrogens is 1. The van der Waals surface area contributed by atoms with E-state index in [1.165, 1.54) is 0 Å². The molecule has 3 aromatic carbocycles. The van der Waals surface area contributed by atoms with Crippen molar-refractivity contribution in [2.45, 2.75) is 13.8 Å². The molecule has 0 spiro atoms. The van der Waals surface area contributed by atoms with Gasteiger partial charge in [-0.3, -0.25) is 4.79 Å². The zero-order valence-corrected chi connectivity index (χ0v) is 16.7. The maximum absolute atomic E-state index is 12.5. The van der Waals surface area contributed by atoms with Gasteiger partial charge in [0.2, 0.25) is 5.89 Å². The van der Waals surface area contributed by atoms with Gasteiger partial charge in [0.15, 0.2) is 5.58 Å². The molecule has 0 saturated heterocycles. The lowest BCUT2D eigenvalue weighted by molar-refractivity contribution is 0.102. The first-order valence-corrected chi connectivity index (χ1v) is 9.41. The van der Waals surface area contributed by atoms with Crippen molar-refractivity contribution in [2.75, 3.05) is 5.32 Å². The number of hydrogen-bond acceptors (Lipinski definition) is 3. The smallest absolute Gasteiger partial charge is 0.255 e. The van der Waals surface area contributed by atoms with E-state index >= 15 is 0 Å². The van der Waals surface area contributed by atoms with Gasteiger partial charge in [0.25, 0.3) is 5.91 Å². The lowest BCUT2D eigenvalue weighted by Crippen LogP contribution is -2.11. The Morgan fingerprint density at radius 1 is 0.929 bits per heavy atom. The van der Waals surface area contributed by atoms with E-state index in [4.69, 9.17) is 27.6 Å². The van der Waals surface area contributed by atoms with Gasteiger partial charge in [0, 0.05) is 26.9 Å². The quantitative estimate of drug-likeness (QED) is 0.410. The van der Waals surface area contributed by atoms with Crippen LogP contribution in [-0.2, 0) is 0 Å². The van der Waals surface area contributed by atoms with E-state index in [1.54, 1.807) is 30.3 Å². The van der Waals surface area contributed by atoms with Gasteiger partial charge in [-0.1, -0.05) is 35.3 Å². The zero-order chi connectivity index (χ0) is 19.8. The molecule has 0 unspecified atom stereocenters. The van der Waals surface area contributed by atoms with E-state index in [-0.39, 0.29) is 5.91 Å². The fourth-order valence-corrected chi connectivity index (χ4v) is 3.15. The van der Waals surface area contributed by atoms with E-state index in [0.29, 0.717) is 38.3 Å². The number of carbonyl (C=O) groups is 1. The number of rotatable bonds is 3. The normalized spacial score (nSPS) is 11.0. The third-order valence-electron chi connectivity index (χ3n) is 4.50. The predicted octanol–water partition coefficient (Wildman–Crippen LogP) is 6.67. The van der Waals surface area contributed by atoms with Crippen LogP contribution in [0.5, 0.6) is 0 Å². The van der Waals surface area contributed by atoms with Crippen molar-refractivity contribution < 1.29 is 9.21 Å². The third-order valence-corrected chi connectivity index (χ3v) is 5.31. The molecular weight excluding hydrogens is 395 g/mol. The number of benzene rings is 3. The molecule has 28 heavy (non-hydrogen) atoms. The van der Waals surface area contributed by atoms with Crippen LogP contribution in [0.25, 0.3) is 22.6 Å². The van der Waals surface area contributed by atoms with Crippen LogP contribution < -0.4 is 5.32 Å². The molecule has 0 atom stereocenters. The van der Waals surface area contributed by atoms with Crippen molar-refractivity contribution >= 4 is 45.9 Å². The molecule has 4 rings (SSSR count). The van der Waals surface area contributed by atoms with Gasteiger partial charge in [-0.2, -0.15) is 0 Å². The lowest BCUT2D eigenvalue weighted by atomic mass is 10.1. The number of hydrogen-bond donors (Lipinski definition) is 1. The predicted molar refractivity (Wildman–Crippen MR) is 113 cm³/mol. The summed E-state index contributed by atoms with van der Waals surface area (Å²) in [6.07, 6.45) is 0. The minimum absolute atomic E-state index is 0.240. The summed E-state index contributed by atoms with van der Waals surface area (Å²) in [6, 6.07) is 16.2. The van der Waals surface area contributed by atoms with Crippen LogP contribution >= 0.6 is 23.2 Å². The molecule has 1 heterocycles. The summed E-state index contributed by atoms with van der Waals surface area (Å²) in [4.78, 5) is 17.0. The number of amides is 1. The Morgan fingerprint density at radius 2 is 1.64 bits per heavy atom. The number of oxazole rings is 1. The molecule has 0 radical (unpaired) electrons. The van der Waals surface area contributed by atoms with Gasteiger partial charge in [-0.15, -0.1) is 0 Å². The number of anilines is 1. The summed E-state index contributed by atoms with van der Waals surface area (Å²) in [7, 11) is 0.